The molecule has 1 unspecified atom stereocenters. The fourth-order valence-corrected chi connectivity index (χ4v) is 1.86. The van der Waals surface area contributed by atoms with Crippen LogP contribution in [0.1, 0.15) is 13.3 Å². The zero-order chi connectivity index (χ0) is 12.1. The van der Waals surface area contributed by atoms with Crippen molar-refractivity contribution < 1.29 is 0 Å². The van der Waals surface area contributed by atoms with E-state index in [1.807, 2.05) is 30.3 Å². The summed E-state index contributed by atoms with van der Waals surface area (Å²) in [6.07, 6.45) is 7.43. The van der Waals surface area contributed by atoms with E-state index in [0.717, 1.165) is 17.9 Å². The zero-order valence-electron chi connectivity index (χ0n) is 10.1. The van der Waals surface area contributed by atoms with Crippen molar-refractivity contribution in [2.24, 2.45) is 5.92 Å². The van der Waals surface area contributed by atoms with Crippen LogP contribution in [0.4, 0.5) is 5.69 Å². The van der Waals surface area contributed by atoms with Crippen molar-refractivity contribution in [1.82, 2.24) is 5.32 Å². The van der Waals surface area contributed by atoms with E-state index in [4.69, 9.17) is 0 Å². The van der Waals surface area contributed by atoms with Gasteiger partial charge in [-0.3, -0.25) is 0 Å². The molecule has 2 rings (SSSR count). The molecule has 0 aliphatic heterocycles. The molecule has 0 spiro atoms. The second kappa shape index (κ2) is 5.39. The van der Waals surface area contributed by atoms with E-state index in [0.29, 0.717) is 5.92 Å². The van der Waals surface area contributed by atoms with Crippen molar-refractivity contribution in [2.45, 2.75) is 13.3 Å². The van der Waals surface area contributed by atoms with Gasteiger partial charge in [0, 0.05) is 11.4 Å². The van der Waals surface area contributed by atoms with E-state index in [-0.39, 0.29) is 0 Å². The first kappa shape index (κ1) is 11.5. The van der Waals surface area contributed by atoms with Gasteiger partial charge in [-0.25, -0.2) is 0 Å². The lowest BCUT2D eigenvalue weighted by Crippen LogP contribution is -2.20. The molecule has 0 aromatic heterocycles. The van der Waals surface area contributed by atoms with E-state index < -0.39 is 0 Å². The second-order valence-corrected chi connectivity index (χ2v) is 4.35. The summed E-state index contributed by atoms with van der Waals surface area (Å²) < 4.78 is 0. The molecule has 1 aliphatic rings. The van der Waals surface area contributed by atoms with Crippen LogP contribution in [0.25, 0.3) is 0 Å². The first-order chi connectivity index (χ1) is 8.24. The predicted octanol–water partition coefficient (Wildman–Crippen LogP) is 3.64. The normalized spacial score (nSPS) is 18.4. The lowest BCUT2D eigenvalue weighted by atomic mass is 10.0. The largest absolute Gasteiger partial charge is 0.346 e. The van der Waals surface area contributed by atoms with Gasteiger partial charge < -0.3 is 10.6 Å². The summed E-state index contributed by atoms with van der Waals surface area (Å²) in [7, 11) is 0. The van der Waals surface area contributed by atoms with Gasteiger partial charge in [-0.05, 0) is 30.5 Å². The molecule has 2 nitrogen and oxygen atoms in total. The topological polar surface area (TPSA) is 24.1 Å². The van der Waals surface area contributed by atoms with Gasteiger partial charge in [0.05, 0.1) is 5.82 Å². The van der Waals surface area contributed by atoms with Gasteiger partial charge >= 0.3 is 0 Å². The van der Waals surface area contributed by atoms with E-state index >= 15 is 0 Å². The maximum Gasteiger partial charge on any atom is 0.0999 e. The summed E-state index contributed by atoms with van der Waals surface area (Å²) in [6.45, 7) is 6.19. The maximum atomic E-state index is 3.98. The Labute approximate surface area is 103 Å². The quantitative estimate of drug-likeness (QED) is 0.819. The molecule has 1 aromatic carbocycles. The van der Waals surface area contributed by atoms with E-state index in [1.165, 1.54) is 5.70 Å². The predicted molar refractivity (Wildman–Crippen MR) is 73.3 cm³/mol. The van der Waals surface area contributed by atoms with Crippen molar-refractivity contribution >= 4 is 5.69 Å². The standard InChI is InChI=1S/C15H18N2/c1-12-7-6-10-15(11-12)17-13(2)16-14-8-4-3-5-9-14/h3-10,12,16-17H,2,11H2,1H3. The summed E-state index contributed by atoms with van der Waals surface area (Å²) in [6, 6.07) is 10.0. The number of hydrogen-bond acceptors (Lipinski definition) is 2. The first-order valence-electron chi connectivity index (χ1n) is 5.89. The number of nitrogens with one attached hydrogen (secondary N) is 2. The Morgan fingerprint density at radius 1 is 1.24 bits per heavy atom. The number of hydrogen-bond donors (Lipinski definition) is 2. The number of para-hydroxylation sites is 1. The van der Waals surface area contributed by atoms with Crippen molar-refractivity contribution in [3.8, 4) is 0 Å². The lowest BCUT2D eigenvalue weighted by Gasteiger charge is -2.18. The molecule has 0 heterocycles. The molecule has 0 saturated heterocycles. The Kier molecular flexibility index (Phi) is 3.66. The molecule has 88 valence electrons. The maximum absolute atomic E-state index is 3.98. The minimum atomic E-state index is 0.590. The molecule has 2 heteroatoms. The number of allylic oxidation sites excluding steroid dienone is 4. The van der Waals surface area contributed by atoms with Gasteiger partial charge in [0.15, 0.2) is 0 Å². The van der Waals surface area contributed by atoms with Gasteiger partial charge in [0.25, 0.3) is 0 Å². The average Bonchev–Trinajstić information content (AvgIpc) is 2.30. The molecule has 0 saturated carbocycles. The Morgan fingerprint density at radius 2 is 2.00 bits per heavy atom. The van der Waals surface area contributed by atoms with Crippen LogP contribution in [-0.4, -0.2) is 0 Å². The molecule has 0 bridgehead atoms. The Hall–Kier alpha value is -1.96. The zero-order valence-corrected chi connectivity index (χ0v) is 10.1. The van der Waals surface area contributed by atoms with Crippen molar-refractivity contribution in [3.63, 3.8) is 0 Å². The van der Waals surface area contributed by atoms with Crippen molar-refractivity contribution in [3.05, 3.63) is 66.7 Å². The van der Waals surface area contributed by atoms with Crippen LogP contribution in [0.15, 0.2) is 66.7 Å². The van der Waals surface area contributed by atoms with E-state index in [9.17, 15) is 0 Å². The van der Waals surface area contributed by atoms with Crippen molar-refractivity contribution in [2.75, 3.05) is 5.32 Å². The molecule has 1 atom stereocenters. The summed E-state index contributed by atoms with van der Waals surface area (Å²) in [5.41, 5.74) is 2.25. The molecule has 2 N–H and O–H groups in total. The molecule has 17 heavy (non-hydrogen) atoms. The fraction of sp³-hybridized carbons (Fsp3) is 0.200. The third-order valence-corrected chi connectivity index (χ3v) is 2.66. The molecule has 0 fully saturated rings. The van der Waals surface area contributed by atoms with Crippen LogP contribution in [0, 0.1) is 5.92 Å². The number of anilines is 1. The van der Waals surface area contributed by atoms with Crippen LogP contribution in [0.2, 0.25) is 0 Å². The van der Waals surface area contributed by atoms with Crippen molar-refractivity contribution in [1.29, 1.82) is 0 Å². The van der Waals surface area contributed by atoms with E-state index in [2.05, 4.69) is 42.4 Å². The second-order valence-electron chi connectivity index (χ2n) is 4.35. The SMILES string of the molecule is C=C(NC1=CC=CC(C)C1)Nc1ccccc1. The highest BCUT2D eigenvalue weighted by atomic mass is 15.1. The Bertz CT molecular complexity index is 443. The molecule has 1 aromatic rings. The fourth-order valence-electron chi connectivity index (χ4n) is 1.86. The highest BCUT2D eigenvalue weighted by Crippen LogP contribution is 2.17. The highest BCUT2D eigenvalue weighted by Gasteiger charge is 2.06. The molecular weight excluding hydrogens is 208 g/mol. The Balaban J connectivity index is 1.90. The minimum absolute atomic E-state index is 0.590. The minimum Gasteiger partial charge on any atom is -0.346 e. The first-order valence-corrected chi connectivity index (χ1v) is 5.89. The highest BCUT2D eigenvalue weighted by molar-refractivity contribution is 5.47. The monoisotopic (exact) mass is 226 g/mol. The molecule has 1 aliphatic carbocycles. The van der Waals surface area contributed by atoms with Crippen LogP contribution in [0.3, 0.4) is 0 Å². The number of rotatable bonds is 4. The molecular formula is C15H18N2. The average molecular weight is 226 g/mol. The molecule has 0 amide bonds. The summed E-state index contributed by atoms with van der Waals surface area (Å²) in [4.78, 5) is 0. The molecule has 0 radical (unpaired) electrons. The van der Waals surface area contributed by atoms with Gasteiger partial charge in [0.2, 0.25) is 0 Å². The smallest absolute Gasteiger partial charge is 0.0999 e. The summed E-state index contributed by atoms with van der Waals surface area (Å²) in [5, 5.41) is 6.54. The van der Waals surface area contributed by atoms with Gasteiger partial charge in [-0.2, -0.15) is 0 Å². The van der Waals surface area contributed by atoms with Crippen LogP contribution in [-0.2, 0) is 0 Å². The van der Waals surface area contributed by atoms with Gasteiger partial charge in [-0.15, -0.1) is 0 Å². The van der Waals surface area contributed by atoms with Crippen LogP contribution < -0.4 is 10.6 Å². The number of benzene rings is 1. The van der Waals surface area contributed by atoms with Gasteiger partial charge in [-0.1, -0.05) is 43.9 Å². The summed E-state index contributed by atoms with van der Waals surface area (Å²) >= 11 is 0. The van der Waals surface area contributed by atoms with Crippen LogP contribution in [0.5, 0.6) is 0 Å². The van der Waals surface area contributed by atoms with E-state index in [1.54, 1.807) is 0 Å². The third-order valence-electron chi connectivity index (χ3n) is 2.66. The van der Waals surface area contributed by atoms with Gasteiger partial charge in [0.1, 0.15) is 0 Å². The third kappa shape index (κ3) is 3.52. The Morgan fingerprint density at radius 3 is 2.71 bits per heavy atom. The summed E-state index contributed by atoms with van der Waals surface area (Å²) in [5.74, 6) is 1.40. The van der Waals surface area contributed by atoms with Crippen LogP contribution >= 0.6 is 0 Å². The lowest BCUT2D eigenvalue weighted by molar-refractivity contribution is 0.673.